The maximum absolute atomic E-state index is 14.1. The molecule has 0 saturated heterocycles. The van der Waals surface area contributed by atoms with Crippen LogP contribution in [0, 0.1) is 5.82 Å². The zero-order chi connectivity index (χ0) is 18.2. The Morgan fingerprint density at radius 1 is 1.15 bits per heavy atom. The predicted molar refractivity (Wildman–Crippen MR) is 97.2 cm³/mol. The Kier molecular flexibility index (Phi) is 3.86. The molecule has 1 aliphatic heterocycles. The van der Waals surface area contributed by atoms with Crippen molar-refractivity contribution in [3.05, 3.63) is 83.9 Å². The second-order valence-corrected chi connectivity index (χ2v) is 6.61. The smallest absolute Gasteiger partial charge is 0.137 e. The second kappa shape index (κ2) is 6.51. The van der Waals surface area contributed by atoms with Gasteiger partial charge in [0.05, 0.1) is 24.1 Å². The van der Waals surface area contributed by atoms with Crippen LogP contribution in [0.4, 0.5) is 4.39 Å². The molecule has 0 unspecified atom stereocenters. The number of hydrogen-bond acceptors (Lipinski definition) is 4. The van der Waals surface area contributed by atoms with Crippen LogP contribution in [0.15, 0.2) is 59.5 Å². The molecule has 6 nitrogen and oxygen atoms in total. The third kappa shape index (κ3) is 2.86. The van der Waals surface area contributed by atoms with E-state index in [0.29, 0.717) is 17.9 Å². The molecule has 0 amide bonds. The Balaban J connectivity index is 1.53. The van der Waals surface area contributed by atoms with Gasteiger partial charge in [-0.1, -0.05) is 12.1 Å². The first-order chi connectivity index (χ1) is 13.3. The zero-order valence-electron chi connectivity index (χ0n) is 14.5. The summed E-state index contributed by atoms with van der Waals surface area (Å²) in [4.78, 5) is 17.5. The van der Waals surface area contributed by atoms with Crippen molar-refractivity contribution in [1.82, 2.24) is 24.8 Å². The van der Waals surface area contributed by atoms with E-state index < -0.39 is 0 Å². The van der Waals surface area contributed by atoms with E-state index in [-0.39, 0.29) is 11.9 Å². The molecule has 0 aliphatic carbocycles. The fraction of sp³-hybridized carbons (Fsp3) is 0.200. The molecular formula is C20H18FN5O. The van der Waals surface area contributed by atoms with Crippen LogP contribution in [0.3, 0.4) is 0 Å². The lowest BCUT2D eigenvalue weighted by Gasteiger charge is -2.33. The molecule has 0 saturated carbocycles. The van der Waals surface area contributed by atoms with Crippen molar-refractivity contribution >= 4 is 0 Å². The van der Waals surface area contributed by atoms with Gasteiger partial charge in [-0.3, -0.25) is 4.90 Å². The van der Waals surface area contributed by atoms with Gasteiger partial charge in [0, 0.05) is 31.1 Å². The van der Waals surface area contributed by atoms with Crippen molar-refractivity contribution in [3.63, 3.8) is 0 Å². The number of aromatic nitrogens is 4. The van der Waals surface area contributed by atoms with Gasteiger partial charge in [-0.2, -0.15) is 0 Å². The molecule has 3 aromatic heterocycles. The Hall–Kier alpha value is -3.19. The van der Waals surface area contributed by atoms with Crippen molar-refractivity contribution in [2.45, 2.75) is 19.0 Å². The molecule has 7 heteroatoms. The van der Waals surface area contributed by atoms with Crippen LogP contribution in [0.2, 0.25) is 0 Å². The average molecular weight is 363 g/mol. The topological polar surface area (TPSA) is 73.7 Å². The summed E-state index contributed by atoms with van der Waals surface area (Å²) in [5, 5.41) is 0. The fourth-order valence-corrected chi connectivity index (χ4v) is 3.69. The standard InChI is InChI=1S/C20H18FN5O/c21-14-4-2-1-3-13(14)16-5-6-17(27-16)20-19-15(24-12-25-19)7-10-26(20)11-18-22-8-9-23-18/h1-6,8-9,12,20H,7,10-11H2,(H,22,23)(H,24,25)/t20-/m0/s1. The Morgan fingerprint density at radius 3 is 2.93 bits per heavy atom. The predicted octanol–water partition coefficient (Wildman–Crippen LogP) is 3.68. The van der Waals surface area contributed by atoms with Crippen LogP contribution in [-0.4, -0.2) is 31.4 Å². The highest BCUT2D eigenvalue weighted by Crippen LogP contribution is 2.37. The summed E-state index contributed by atoms with van der Waals surface area (Å²) in [5.41, 5.74) is 2.51. The van der Waals surface area contributed by atoms with Crippen LogP contribution >= 0.6 is 0 Å². The number of aromatic amines is 2. The van der Waals surface area contributed by atoms with Crippen LogP contribution in [0.25, 0.3) is 11.3 Å². The number of nitrogens with zero attached hydrogens (tertiary/aromatic N) is 3. The molecular weight excluding hydrogens is 345 g/mol. The van der Waals surface area contributed by atoms with E-state index in [0.717, 1.165) is 35.9 Å². The van der Waals surface area contributed by atoms with Gasteiger partial charge in [-0.25, -0.2) is 14.4 Å². The third-order valence-corrected chi connectivity index (χ3v) is 4.97. The molecule has 5 rings (SSSR count). The first-order valence-electron chi connectivity index (χ1n) is 8.88. The van der Waals surface area contributed by atoms with E-state index in [1.54, 1.807) is 30.7 Å². The first kappa shape index (κ1) is 16.0. The van der Waals surface area contributed by atoms with Crippen molar-refractivity contribution in [3.8, 4) is 11.3 Å². The first-order valence-corrected chi connectivity index (χ1v) is 8.88. The van der Waals surface area contributed by atoms with E-state index >= 15 is 0 Å². The molecule has 1 aliphatic rings. The number of nitrogens with one attached hydrogen (secondary N) is 2. The molecule has 0 spiro atoms. The number of imidazole rings is 2. The van der Waals surface area contributed by atoms with Crippen LogP contribution in [0.5, 0.6) is 0 Å². The lowest BCUT2D eigenvalue weighted by Crippen LogP contribution is -2.36. The maximum atomic E-state index is 14.1. The number of halogens is 1. The molecule has 0 radical (unpaired) electrons. The summed E-state index contributed by atoms with van der Waals surface area (Å²) in [6.45, 7) is 1.50. The average Bonchev–Trinajstić information content (AvgIpc) is 3.44. The van der Waals surface area contributed by atoms with Crippen molar-refractivity contribution in [2.24, 2.45) is 0 Å². The molecule has 4 heterocycles. The minimum absolute atomic E-state index is 0.148. The Morgan fingerprint density at radius 2 is 2.07 bits per heavy atom. The number of hydrogen-bond donors (Lipinski definition) is 2. The van der Waals surface area contributed by atoms with Gasteiger partial charge in [-0.05, 0) is 24.3 Å². The second-order valence-electron chi connectivity index (χ2n) is 6.61. The van der Waals surface area contributed by atoms with E-state index in [9.17, 15) is 4.39 Å². The number of fused-ring (bicyclic) bond motifs is 1. The van der Waals surface area contributed by atoms with Crippen molar-refractivity contribution in [1.29, 1.82) is 0 Å². The molecule has 1 aromatic carbocycles. The van der Waals surface area contributed by atoms with Crippen molar-refractivity contribution in [2.75, 3.05) is 6.54 Å². The number of benzene rings is 1. The maximum Gasteiger partial charge on any atom is 0.137 e. The van der Waals surface area contributed by atoms with Gasteiger partial charge in [-0.15, -0.1) is 0 Å². The molecule has 2 N–H and O–H groups in total. The van der Waals surface area contributed by atoms with E-state index in [1.807, 2.05) is 18.3 Å². The molecule has 27 heavy (non-hydrogen) atoms. The summed E-state index contributed by atoms with van der Waals surface area (Å²) >= 11 is 0. The Labute approximate surface area is 155 Å². The fourth-order valence-electron chi connectivity index (χ4n) is 3.69. The lowest BCUT2D eigenvalue weighted by atomic mass is 10.0. The molecule has 0 bridgehead atoms. The monoisotopic (exact) mass is 363 g/mol. The summed E-state index contributed by atoms with van der Waals surface area (Å²) in [6.07, 6.45) is 6.16. The highest BCUT2D eigenvalue weighted by atomic mass is 19.1. The van der Waals surface area contributed by atoms with E-state index in [1.165, 1.54) is 6.07 Å². The molecule has 1 atom stereocenters. The highest BCUT2D eigenvalue weighted by Gasteiger charge is 2.33. The van der Waals surface area contributed by atoms with Gasteiger partial charge in [0.15, 0.2) is 0 Å². The van der Waals surface area contributed by atoms with Crippen LogP contribution in [-0.2, 0) is 13.0 Å². The SMILES string of the molecule is Fc1ccccc1-c1ccc([C@H]2c3nc[nH]c3CCN2Cc2ncc[nH]2)o1. The van der Waals surface area contributed by atoms with Crippen LogP contribution < -0.4 is 0 Å². The third-order valence-electron chi connectivity index (χ3n) is 4.97. The Bertz CT molecular complexity index is 1050. The number of furan rings is 1. The minimum Gasteiger partial charge on any atom is -0.459 e. The minimum atomic E-state index is -0.296. The summed E-state index contributed by atoms with van der Waals surface area (Å²) in [6, 6.07) is 10.2. The van der Waals surface area contributed by atoms with Gasteiger partial charge < -0.3 is 14.4 Å². The molecule has 136 valence electrons. The summed E-state index contributed by atoms with van der Waals surface area (Å²) in [7, 11) is 0. The number of H-pyrrole nitrogens is 2. The normalized spacial score (nSPS) is 17.1. The summed E-state index contributed by atoms with van der Waals surface area (Å²) < 4.78 is 20.2. The molecule has 0 fully saturated rings. The van der Waals surface area contributed by atoms with E-state index in [2.05, 4.69) is 24.8 Å². The lowest BCUT2D eigenvalue weighted by molar-refractivity contribution is 0.176. The highest BCUT2D eigenvalue weighted by molar-refractivity contribution is 5.58. The van der Waals surface area contributed by atoms with Gasteiger partial charge in [0.2, 0.25) is 0 Å². The van der Waals surface area contributed by atoms with E-state index in [4.69, 9.17) is 4.42 Å². The van der Waals surface area contributed by atoms with Gasteiger partial charge in [0.1, 0.15) is 29.2 Å². The van der Waals surface area contributed by atoms with Gasteiger partial charge >= 0.3 is 0 Å². The van der Waals surface area contributed by atoms with Crippen molar-refractivity contribution < 1.29 is 8.81 Å². The zero-order valence-corrected chi connectivity index (χ0v) is 14.5. The quantitative estimate of drug-likeness (QED) is 0.580. The summed E-state index contributed by atoms with van der Waals surface area (Å²) in [5.74, 6) is 1.85. The van der Waals surface area contributed by atoms with Crippen LogP contribution in [0.1, 0.15) is 29.0 Å². The largest absolute Gasteiger partial charge is 0.459 e. The number of rotatable bonds is 4. The van der Waals surface area contributed by atoms with Gasteiger partial charge in [0.25, 0.3) is 0 Å². The molecule has 4 aromatic rings.